The molecule has 2 aromatic carbocycles. The second-order valence-electron chi connectivity index (χ2n) is 8.55. The van der Waals surface area contributed by atoms with Crippen molar-refractivity contribution in [2.75, 3.05) is 26.1 Å². The highest BCUT2D eigenvalue weighted by Crippen LogP contribution is 2.28. The van der Waals surface area contributed by atoms with Gasteiger partial charge in [-0.05, 0) is 29.7 Å². The van der Waals surface area contributed by atoms with Crippen LogP contribution in [0, 0.1) is 5.92 Å². The molecule has 10 heteroatoms. The minimum absolute atomic E-state index is 0.0602. The summed E-state index contributed by atoms with van der Waals surface area (Å²) in [6.45, 7) is 3.80. The first-order valence-corrected chi connectivity index (χ1v) is 11.3. The summed E-state index contributed by atoms with van der Waals surface area (Å²) in [6, 6.07) is 13.5. The summed E-state index contributed by atoms with van der Waals surface area (Å²) in [5.41, 5.74) is 5.02. The van der Waals surface area contributed by atoms with E-state index in [1.807, 2.05) is 19.9 Å². The molecule has 0 saturated heterocycles. The third kappa shape index (κ3) is 5.83. The maximum atomic E-state index is 12.9. The molecule has 0 unspecified atom stereocenters. The van der Waals surface area contributed by atoms with E-state index in [9.17, 15) is 19.2 Å². The summed E-state index contributed by atoms with van der Waals surface area (Å²) in [4.78, 5) is 50.8. The van der Waals surface area contributed by atoms with E-state index in [1.165, 1.54) is 26.3 Å². The quantitative estimate of drug-likeness (QED) is 0.335. The summed E-state index contributed by atoms with van der Waals surface area (Å²) >= 11 is 0. The highest BCUT2D eigenvalue weighted by Gasteiger charge is 2.23. The molecule has 0 atom stereocenters. The number of benzene rings is 2. The minimum Gasteiger partial charge on any atom is -0.493 e. The molecule has 0 aliphatic heterocycles. The van der Waals surface area contributed by atoms with Crippen molar-refractivity contribution in [2.24, 2.45) is 13.0 Å². The van der Waals surface area contributed by atoms with Crippen LogP contribution in [0.2, 0.25) is 0 Å². The molecule has 0 amide bonds. The molecule has 0 fully saturated rings. The van der Waals surface area contributed by atoms with Crippen molar-refractivity contribution in [1.29, 1.82) is 0 Å². The summed E-state index contributed by atoms with van der Waals surface area (Å²) < 4.78 is 18.0. The average Bonchev–Trinajstić information content (AvgIpc) is 2.87. The van der Waals surface area contributed by atoms with Crippen molar-refractivity contribution >= 4 is 17.6 Å². The van der Waals surface area contributed by atoms with Gasteiger partial charge in [0.25, 0.3) is 5.56 Å². The zero-order valence-electron chi connectivity index (χ0n) is 20.6. The van der Waals surface area contributed by atoms with Gasteiger partial charge in [-0.3, -0.25) is 18.7 Å². The van der Waals surface area contributed by atoms with Crippen molar-refractivity contribution < 1.29 is 23.8 Å². The summed E-state index contributed by atoms with van der Waals surface area (Å²) in [7, 11) is 2.70. The van der Waals surface area contributed by atoms with Gasteiger partial charge in [-0.25, -0.2) is 9.59 Å². The fourth-order valence-corrected chi connectivity index (χ4v) is 3.42. The van der Waals surface area contributed by atoms with Crippen LogP contribution in [0.25, 0.3) is 0 Å². The van der Waals surface area contributed by atoms with Gasteiger partial charge in [-0.15, -0.1) is 0 Å². The zero-order chi connectivity index (χ0) is 26.4. The highest BCUT2D eigenvalue weighted by atomic mass is 16.5. The normalized spacial score (nSPS) is 10.8. The molecule has 0 spiro atoms. The number of esters is 1. The Morgan fingerprint density at radius 3 is 2.36 bits per heavy atom. The number of ketones is 1. The Balaban J connectivity index is 1.80. The Morgan fingerprint density at radius 1 is 1.03 bits per heavy atom. The van der Waals surface area contributed by atoms with Crippen LogP contribution in [0.4, 0.5) is 5.82 Å². The van der Waals surface area contributed by atoms with Gasteiger partial charge in [-0.2, -0.15) is 0 Å². The average molecular weight is 496 g/mol. The first-order chi connectivity index (χ1) is 17.1. The first kappa shape index (κ1) is 26.3. The predicted molar refractivity (Wildman–Crippen MR) is 134 cm³/mol. The fourth-order valence-electron chi connectivity index (χ4n) is 3.42. The SMILES string of the molecule is COc1cc(C(=O)OCC(=O)c2c(N)n(Cc3ccccc3)c(=O)n(C)c2=O)ccc1OCC(C)C. The molecule has 36 heavy (non-hydrogen) atoms. The molecule has 3 rings (SSSR count). The van der Waals surface area contributed by atoms with Gasteiger partial charge in [0.1, 0.15) is 11.4 Å². The zero-order valence-corrected chi connectivity index (χ0v) is 20.6. The van der Waals surface area contributed by atoms with Crippen LogP contribution in [-0.4, -0.2) is 41.2 Å². The van der Waals surface area contributed by atoms with Crippen molar-refractivity contribution in [3.63, 3.8) is 0 Å². The van der Waals surface area contributed by atoms with Crippen LogP contribution in [0.3, 0.4) is 0 Å². The smallest absolute Gasteiger partial charge is 0.338 e. The number of nitrogens with two attached hydrogens (primary N) is 1. The van der Waals surface area contributed by atoms with Crippen molar-refractivity contribution in [2.45, 2.75) is 20.4 Å². The number of anilines is 1. The minimum atomic E-state index is -0.865. The van der Waals surface area contributed by atoms with Crippen molar-refractivity contribution in [3.05, 3.63) is 86.1 Å². The van der Waals surface area contributed by atoms with Crippen LogP contribution < -0.4 is 26.5 Å². The number of methoxy groups -OCH3 is 1. The molecular weight excluding hydrogens is 466 g/mol. The molecule has 1 aromatic heterocycles. The number of hydrogen-bond acceptors (Lipinski definition) is 8. The van der Waals surface area contributed by atoms with Crippen molar-refractivity contribution in [3.8, 4) is 11.5 Å². The van der Waals surface area contributed by atoms with Crippen LogP contribution in [0.5, 0.6) is 11.5 Å². The van der Waals surface area contributed by atoms with E-state index in [1.54, 1.807) is 30.3 Å². The summed E-state index contributed by atoms with van der Waals surface area (Å²) in [5.74, 6) is -0.815. The fraction of sp³-hybridized carbons (Fsp3) is 0.308. The van der Waals surface area contributed by atoms with Gasteiger partial charge in [0.15, 0.2) is 18.1 Å². The molecule has 3 aromatic rings. The second-order valence-corrected chi connectivity index (χ2v) is 8.55. The monoisotopic (exact) mass is 495 g/mol. The molecule has 0 radical (unpaired) electrons. The maximum absolute atomic E-state index is 12.9. The lowest BCUT2D eigenvalue weighted by atomic mass is 10.1. The predicted octanol–water partition coefficient (Wildman–Crippen LogP) is 2.26. The van der Waals surface area contributed by atoms with Gasteiger partial charge in [-0.1, -0.05) is 44.2 Å². The van der Waals surface area contributed by atoms with Gasteiger partial charge in [0.05, 0.1) is 25.8 Å². The molecule has 10 nitrogen and oxygen atoms in total. The largest absolute Gasteiger partial charge is 0.493 e. The number of aromatic nitrogens is 2. The van der Waals surface area contributed by atoms with Gasteiger partial charge >= 0.3 is 11.7 Å². The Bertz CT molecular complexity index is 1370. The van der Waals surface area contributed by atoms with Gasteiger partial charge in [0.2, 0.25) is 5.78 Å². The third-order valence-corrected chi connectivity index (χ3v) is 5.35. The highest BCUT2D eigenvalue weighted by molar-refractivity contribution is 6.02. The lowest BCUT2D eigenvalue weighted by molar-refractivity contribution is 0.0473. The van der Waals surface area contributed by atoms with Crippen LogP contribution in [0.15, 0.2) is 58.1 Å². The molecule has 0 aliphatic carbocycles. The number of nitrogen functional groups attached to an aromatic ring is 1. The molecule has 0 saturated carbocycles. The summed E-state index contributed by atoms with van der Waals surface area (Å²) in [5, 5.41) is 0. The number of ether oxygens (including phenoxy) is 3. The van der Waals surface area contributed by atoms with E-state index in [-0.39, 0.29) is 17.9 Å². The molecule has 2 N–H and O–H groups in total. The van der Waals surface area contributed by atoms with E-state index < -0.39 is 35.2 Å². The topological polar surface area (TPSA) is 132 Å². The third-order valence-electron chi connectivity index (χ3n) is 5.35. The van der Waals surface area contributed by atoms with Gasteiger partial charge in [0, 0.05) is 7.05 Å². The lowest BCUT2D eigenvalue weighted by Gasteiger charge is -2.15. The maximum Gasteiger partial charge on any atom is 0.338 e. The van der Waals surface area contributed by atoms with E-state index in [0.717, 1.165) is 14.7 Å². The number of carbonyl (C=O) groups is 2. The van der Waals surface area contributed by atoms with Crippen molar-refractivity contribution in [1.82, 2.24) is 9.13 Å². The van der Waals surface area contributed by atoms with E-state index in [4.69, 9.17) is 19.9 Å². The van der Waals surface area contributed by atoms with E-state index in [0.29, 0.717) is 24.0 Å². The number of rotatable bonds is 10. The first-order valence-electron chi connectivity index (χ1n) is 11.3. The second kappa shape index (κ2) is 11.4. The molecular formula is C26H29N3O7. The molecule has 1 heterocycles. The molecule has 0 bridgehead atoms. The number of hydrogen-bond donors (Lipinski definition) is 1. The Kier molecular flexibility index (Phi) is 8.31. The molecule has 0 aliphatic rings. The van der Waals surface area contributed by atoms with E-state index >= 15 is 0 Å². The number of nitrogens with zero attached hydrogens (tertiary/aromatic N) is 2. The van der Waals surface area contributed by atoms with Gasteiger partial charge < -0.3 is 19.9 Å². The van der Waals surface area contributed by atoms with Crippen LogP contribution >= 0.6 is 0 Å². The number of Topliss-reactive ketones (excluding diaryl/α,β-unsaturated/α-hetero) is 1. The standard InChI is InChI=1S/C26H29N3O7/c1-16(2)14-35-20-11-10-18(12-21(20)34-4)25(32)36-15-19(30)22-23(27)29(26(33)28(3)24(22)31)13-17-8-6-5-7-9-17/h5-12,16H,13-15,27H2,1-4H3. The Hall–Kier alpha value is -4.34. The molecule has 190 valence electrons. The Morgan fingerprint density at radius 2 is 1.72 bits per heavy atom. The Labute approximate surface area is 207 Å². The lowest BCUT2D eigenvalue weighted by Crippen LogP contribution is -2.43. The van der Waals surface area contributed by atoms with E-state index in [2.05, 4.69) is 0 Å². The van der Waals surface area contributed by atoms with Crippen LogP contribution in [0.1, 0.15) is 40.1 Å². The number of carbonyl (C=O) groups excluding carboxylic acids is 2. The van der Waals surface area contributed by atoms with Crippen LogP contribution in [-0.2, 0) is 18.3 Å². The summed E-state index contributed by atoms with van der Waals surface area (Å²) in [6.07, 6.45) is 0.